The monoisotopic (exact) mass is 533 g/mol. The molecule has 1 aliphatic heterocycles. The van der Waals surface area contributed by atoms with Crippen LogP contribution in [-0.4, -0.2) is 50.5 Å². The van der Waals surface area contributed by atoms with Crippen LogP contribution in [0.25, 0.3) is 0 Å². The molecule has 3 N–H and O–H groups in total. The van der Waals surface area contributed by atoms with E-state index in [1.165, 1.54) is 37.3 Å². The van der Waals surface area contributed by atoms with Crippen LogP contribution in [-0.2, 0) is 22.9 Å². The number of hydrogen-bond acceptors (Lipinski definition) is 6. The summed E-state index contributed by atoms with van der Waals surface area (Å²) >= 11 is 5.99. The number of rotatable bonds is 8. The maximum Gasteiger partial charge on any atom is 0.573 e. The highest BCUT2D eigenvalue weighted by Crippen LogP contribution is 2.29. The van der Waals surface area contributed by atoms with Crippen LogP contribution in [0.5, 0.6) is 5.75 Å². The number of piperidine rings is 1. The first-order chi connectivity index (χ1) is 16.4. The third kappa shape index (κ3) is 7.57. The van der Waals surface area contributed by atoms with E-state index in [0.29, 0.717) is 13.1 Å². The number of sulfone groups is 1. The van der Waals surface area contributed by atoms with Crippen molar-refractivity contribution in [3.8, 4) is 5.75 Å². The Morgan fingerprint density at radius 3 is 2.63 bits per heavy atom. The Balaban J connectivity index is 1.81. The Morgan fingerprint density at radius 2 is 1.97 bits per heavy atom. The molecule has 1 saturated heterocycles. The number of amides is 1. The number of nitrogens with two attached hydrogens (primary N) is 1. The fraction of sp³-hybridized carbons (Fsp3) is 0.435. The minimum absolute atomic E-state index is 0.0286. The summed E-state index contributed by atoms with van der Waals surface area (Å²) in [4.78, 5) is 14.7. The second-order valence-corrected chi connectivity index (χ2v) is 11.0. The second kappa shape index (κ2) is 11.2. The third-order valence-electron chi connectivity index (χ3n) is 5.67. The Labute approximate surface area is 207 Å². The summed E-state index contributed by atoms with van der Waals surface area (Å²) in [5, 5.41) is 2.83. The number of nitrogens with one attached hydrogen (secondary N) is 1. The van der Waals surface area contributed by atoms with Crippen LogP contribution in [0, 0.1) is 0 Å². The Bertz CT molecular complexity index is 1180. The van der Waals surface area contributed by atoms with Gasteiger partial charge < -0.3 is 15.8 Å². The quantitative estimate of drug-likeness (QED) is 0.534. The molecule has 1 amide bonds. The second-order valence-electron chi connectivity index (χ2n) is 8.35. The first-order valence-corrected chi connectivity index (χ1v) is 13.1. The molecular formula is C23H27ClF3N3O4S. The van der Waals surface area contributed by atoms with Gasteiger partial charge in [0.25, 0.3) is 5.91 Å². The molecule has 7 nitrogen and oxygen atoms in total. The summed E-state index contributed by atoms with van der Waals surface area (Å²) in [5.41, 5.74) is 6.46. The predicted octanol–water partition coefficient (Wildman–Crippen LogP) is 3.89. The minimum atomic E-state index is -4.94. The van der Waals surface area contributed by atoms with Crippen molar-refractivity contribution in [2.45, 2.75) is 50.2 Å². The van der Waals surface area contributed by atoms with E-state index >= 15 is 0 Å². The van der Waals surface area contributed by atoms with Crippen LogP contribution in [0.3, 0.4) is 0 Å². The Hall–Kier alpha value is -2.34. The molecule has 1 fully saturated rings. The lowest BCUT2D eigenvalue weighted by molar-refractivity contribution is -0.275. The highest BCUT2D eigenvalue weighted by atomic mass is 35.5. The molecule has 2 aromatic carbocycles. The summed E-state index contributed by atoms with van der Waals surface area (Å²) in [6, 6.07) is 8.03. The number of benzene rings is 2. The smallest absolute Gasteiger partial charge is 0.405 e. The van der Waals surface area contributed by atoms with Gasteiger partial charge in [-0.1, -0.05) is 24.6 Å². The maximum absolute atomic E-state index is 13.1. The fourth-order valence-electron chi connectivity index (χ4n) is 3.94. The first kappa shape index (κ1) is 27.3. The van der Waals surface area contributed by atoms with Gasteiger partial charge in [0.2, 0.25) is 0 Å². The maximum atomic E-state index is 13.1. The molecule has 1 heterocycles. The van der Waals surface area contributed by atoms with Gasteiger partial charge >= 0.3 is 6.36 Å². The summed E-state index contributed by atoms with van der Waals surface area (Å²) in [6.45, 7) is 2.76. The van der Waals surface area contributed by atoms with Crippen LogP contribution >= 0.6 is 11.6 Å². The summed E-state index contributed by atoms with van der Waals surface area (Å²) in [7, 11) is -3.58. The molecule has 0 aliphatic carbocycles. The highest BCUT2D eigenvalue weighted by molar-refractivity contribution is 7.91. The van der Waals surface area contributed by atoms with Crippen molar-refractivity contribution in [2.75, 3.05) is 18.8 Å². The lowest BCUT2D eigenvalue weighted by atomic mass is 10.0. The van der Waals surface area contributed by atoms with E-state index in [2.05, 4.69) is 10.1 Å². The van der Waals surface area contributed by atoms with E-state index in [1.54, 1.807) is 0 Å². The number of ether oxygens (including phenoxy) is 1. The molecule has 35 heavy (non-hydrogen) atoms. The molecule has 0 unspecified atom stereocenters. The van der Waals surface area contributed by atoms with Crippen molar-refractivity contribution in [1.82, 2.24) is 10.2 Å². The zero-order valence-corrected chi connectivity index (χ0v) is 20.6. The van der Waals surface area contributed by atoms with Gasteiger partial charge in [0.15, 0.2) is 9.84 Å². The van der Waals surface area contributed by atoms with Crippen LogP contribution in [0.15, 0.2) is 41.3 Å². The van der Waals surface area contributed by atoms with Gasteiger partial charge in [-0.25, -0.2) is 8.42 Å². The van der Waals surface area contributed by atoms with E-state index in [0.717, 1.165) is 18.9 Å². The standard InChI is InChI=1S/C23H27ClF3N3O4S/c1-2-35(32,33)21-8-7-18(24)10-17(21)12-29-22(31)15-5-6-16(20(11-15)34-23(25,26)27)13-30-9-3-4-19(28)14-30/h5-8,10-11,19H,2-4,9,12-14,28H2,1H3,(H,29,31)/t19-/m1/s1. The summed E-state index contributed by atoms with van der Waals surface area (Å²) in [5.74, 6) is -1.30. The van der Waals surface area contributed by atoms with Gasteiger partial charge in [0, 0.05) is 41.8 Å². The first-order valence-electron chi connectivity index (χ1n) is 11.0. The third-order valence-corrected chi connectivity index (χ3v) is 7.73. The van der Waals surface area contributed by atoms with E-state index in [-0.39, 0.29) is 51.5 Å². The van der Waals surface area contributed by atoms with E-state index in [4.69, 9.17) is 17.3 Å². The Morgan fingerprint density at radius 1 is 1.23 bits per heavy atom. The SMILES string of the molecule is CCS(=O)(=O)c1ccc(Cl)cc1CNC(=O)c1ccc(CN2CCC[C@@H](N)C2)c(OC(F)(F)F)c1. The average Bonchev–Trinajstić information content (AvgIpc) is 2.77. The highest BCUT2D eigenvalue weighted by Gasteiger charge is 2.33. The Kier molecular flexibility index (Phi) is 8.68. The largest absolute Gasteiger partial charge is 0.573 e. The van der Waals surface area contributed by atoms with Crippen LogP contribution in [0.2, 0.25) is 5.02 Å². The number of carbonyl (C=O) groups excluding carboxylic acids is 1. The molecule has 0 saturated carbocycles. The topological polar surface area (TPSA) is 102 Å². The zero-order chi connectivity index (χ0) is 25.8. The lowest BCUT2D eigenvalue weighted by Gasteiger charge is -2.31. The van der Waals surface area contributed by atoms with Crippen molar-refractivity contribution >= 4 is 27.3 Å². The molecule has 0 aromatic heterocycles. The summed E-state index contributed by atoms with van der Waals surface area (Å²) in [6.07, 6.45) is -3.24. The minimum Gasteiger partial charge on any atom is -0.405 e. The van der Waals surface area contributed by atoms with Gasteiger partial charge in [0.1, 0.15) is 5.75 Å². The van der Waals surface area contributed by atoms with E-state index < -0.39 is 27.9 Å². The van der Waals surface area contributed by atoms with Crippen molar-refractivity contribution < 1.29 is 31.1 Å². The van der Waals surface area contributed by atoms with E-state index in [1.807, 2.05) is 4.90 Å². The van der Waals surface area contributed by atoms with E-state index in [9.17, 15) is 26.4 Å². The molecule has 12 heteroatoms. The number of alkyl halides is 3. The lowest BCUT2D eigenvalue weighted by Crippen LogP contribution is -2.42. The number of likely N-dealkylation sites (tertiary alicyclic amines) is 1. The van der Waals surface area contributed by atoms with Crippen molar-refractivity contribution in [3.05, 3.63) is 58.1 Å². The average molecular weight is 534 g/mol. The van der Waals surface area contributed by atoms with Gasteiger partial charge in [-0.2, -0.15) is 0 Å². The molecular weight excluding hydrogens is 507 g/mol. The van der Waals surface area contributed by atoms with Gasteiger partial charge in [-0.05, 0) is 55.3 Å². The van der Waals surface area contributed by atoms with Crippen molar-refractivity contribution in [2.24, 2.45) is 5.73 Å². The number of hydrogen-bond donors (Lipinski definition) is 2. The number of carbonyl (C=O) groups is 1. The zero-order valence-electron chi connectivity index (χ0n) is 19.1. The van der Waals surface area contributed by atoms with Crippen molar-refractivity contribution in [1.29, 1.82) is 0 Å². The molecule has 192 valence electrons. The predicted molar refractivity (Wildman–Crippen MR) is 126 cm³/mol. The fourth-order valence-corrected chi connectivity index (χ4v) is 5.26. The molecule has 2 aromatic rings. The van der Waals surface area contributed by atoms with Crippen LogP contribution in [0.4, 0.5) is 13.2 Å². The molecule has 0 bridgehead atoms. The molecule has 1 atom stereocenters. The molecule has 0 radical (unpaired) electrons. The van der Waals surface area contributed by atoms with Crippen LogP contribution < -0.4 is 15.8 Å². The van der Waals surface area contributed by atoms with Gasteiger partial charge in [-0.3, -0.25) is 9.69 Å². The van der Waals surface area contributed by atoms with Crippen LogP contribution in [0.1, 0.15) is 41.3 Å². The van der Waals surface area contributed by atoms with Gasteiger partial charge in [-0.15, -0.1) is 13.2 Å². The molecule has 3 rings (SSSR count). The molecule has 0 spiro atoms. The normalized spacial score (nSPS) is 17.3. The summed E-state index contributed by atoms with van der Waals surface area (Å²) < 4.78 is 68.1. The molecule has 1 aliphatic rings. The van der Waals surface area contributed by atoms with Crippen molar-refractivity contribution in [3.63, 3.8) is 0 Å². The number of nitrogens with zero attached hydrogens (tertiary/aromatic N) is 1. The van der Waals surface area contributed by atoms with Gasteiger partial charge in [0.05, 0.1) is 10.6 Å². The number of halogens is 4.